The zero-order chi connectivity index (χ0) is 15.1. The van der Waals surface area contributed by atoms with Gasteiger partial charge in [-0.2, -0.15) is 11.8 Å². The number of rotatable bonds is 8. The molecule has 1 aromatic rings. The summed E-state index contributed by atoms with van der Waals surface area (Å²) in [6, 6.07) is 8.12. The molecule has 2 rings (SSSR count). The largest absolute Gasteiger partial charge is 0.389 e. The second kappa shape index (κ2) is 9.01. The molecular weight excluding hydrogens is 306 g/mol. The third-order valence-electron chi connectivity index (χ3n) is 3.85. The van der Waals surface area contributed by atoms with Crippen LogP contribution in [0.2, 0.25) is 5.02 Å². The van der Waals surface area contributed by atoms with E-state index in [2.05, 4.69) is 11.6 Å². The van der Waals surface area contributed by atoms with Crippen molar-refractivity contribution in [1.82, 2.24) is 5.32 Å². The van der Waals surface area contributed by atoms with E-state index in [4.69, 9.17) is 16.3 Å². The molecule has 0 heterocycles. The molecule has 2 N–H and O–H groups in total. The molecule has 0 bridgehead atoms. The Morgan fingerprint density at radius 2 is 2.14 bits per heavy atom. The topological polar surface area (TPSA) is 41.5 Å². The summed E-state index contributed by atoms with van der Waals surface area (Å²) in [7, 11) is 0. The Hall–Kier alpha value is -0.260. The van der Waals surface area contributed by atoms with Crippen molar-refractivity contribution < 1.29 is 9.84 Å². The van der Waals surface area contributed by atoms with Crippen LogP contribution < -0.4 is 5.32 Å². The molecule has 3 nitrogen and oxygen atoms in total. The molecule has 1 saturated carbocycles. The zero-order valence-corrected chi connectivity index (χ0v) is 14.0. The van der Waals surface area contributed by atoms with Gasteiger partial charge in [-0.15, -0.1) is 0 Å². The smallest absolute Gasteiger partial charge is 0.0897 e. The van der Waals surface area contributed by atoms with E-state index in [1.165, 1.54) is 19.3 Å². The number of thioether (sulfide) groups is 1. The van der Waals surface area contributed by atoms with E-state index in [1.54, 1.807) is 0 Å². The highest BCUT2D eigenvalue weighted by atomic mass is 35.5. The Morgan fingerprint density at radius 3 is 2.81 bits per heavy atom. The number of hydrogen-bond acceptors (Lipinski definition) is 4. The van der Waals surface area contributed by atoms with Crippen LogP contribution in [0.25, 0.3) is 0 Å². The number of hydrogen-bond donors (Lipinski definition) is 2. The number of ether oxygens (including phenoxy) is 1. The van der Waals surface area contributed by atoms with Gasteiger partial charge in [-0.05, 0) is 43.2 Å². The van der Waals surface area contributed by atoms with Crippen molar-refractivity contribution in [1.29, 1.82) is 0 Å². The molecule has 1 aliphatic rings. The first kappa shape index (κ1) is 17.1. The summed E-state index contributed by atoms with van der Waals surface area (Å²) in [5, 5.41) is 14.9. The van der Waals surface area contributed by atoms with Crippen LogP contribution in [0.3, 0.4) is 0 Å². The zero-order valence-electron chi connectivity index (χ0n) is 12.4. The number of aliphatic hydroxyl groups is 1. The quantitative estimate of drug-likeness (QED) is 0.769. The van der Waals surface area contributed by atoms with Crippen LogP contribution in [0, 0.1) is 0 Å². The summed E-state index contributed by atoms with van der Waals surface area (Å²) in [4.78, 5) is 0. The van der Waals surface area contributed by atoms with E-state index in [0.717, 1.165) is 15.8 Å². The van der Waals surface area contributed by atoms with E-state index in [1.807, 2.05) is 36.0 Å². The third-order valence-corrected chi connectivity index (χ3v) is 5.20. The van der Waals surface area contributed by atoms with Crippen LogP contribution in [0.4, 0.5) is 0 Å². The first-order valence-electron chi connectivity index (χ1n) is 7.44. The summed E-state index contributed by atoms with van der Waals surface area (Å²) in [5.41, 5.74) is 1.07. The number of halogens is 1. The lowest BCUT2D eigenvalue weighted by atomic mass is 10.2. The fourth-order valence-electron chi connectivity index (χ4n) is 2.59. The lowest BCUT2D eigenvalue weighted by molar-refractivity contribution is 0.0277. The summed E-state index contributed by atoms with van der Waals surface area (Å²) in [6.45, 7) is 1.47. The fraction of sp³-hybridized carbons (Fsp3) is 0.625. The van der Waals surface area contributed by atoms with Crippen molar-refractivity contribution in [2.24, 2.45) is 0 Å². The minimum Gasteiger partial charge on any atom is -0.389 e. The molecule has 21 heavy (non-hydrogen) atoms. The number of nitrogens with one attached hydrogen (secondary N) is 1. The predicted molar refractivity (Wildman–Crippen MR) is 90.1 cm³/mol. The van der Waals surface area contributed by atoms with Gasteiger partial charge in [-0.1, -0.05) is 23.7 Å². The molecule has 3 unspecified atom stereocenters. The SMILES string of the molecule is CSC1CCC(NCC(O)COCc2ccc(Cl)cc2)C1. The van der Waals surface area contributed by atoms with Crippen LogP contribution in [0.15, 0.2) is 24.3 Å². The molecule has 3 atom stereocenters. The highest BCUT2D eigenvalue weighted by molar-refractivity contribution is 7.99. The predicted octanol–water partition coefficient (Wildman–Crippen LogP) is 3.09. The van der Waals surface area contributed by atoms with Crippen molar-refractivity contribution in [2.45, 2.75) is 43.3 Å². The molecule has 0 amide bonds. The van der Waals surface area contributed by atoms with Crippen molar-refractivity contribution >= 4 is 23.4 Å². The van der Waals surface area contributed by atoms with Gasteiger partial charge in [0.1, 0.15) is 0 Å². The number of benzene rings is 1. The van der Waals surface area contributed by atoms with Crippen LogP contribution in [-0.4, -0.2) is 41.9 Å². The number of aliphatic hydroxyl groups excluding tert-OH is 1. The first-order chi connectivity index (χ1) is 10.2. The van der Waals surface area contributed by atoms with Gasteiger partial charge in [-0.25, -0.2) is 0 Å². The molecule has 5 heteroatoms. The van der Waals surface area contributed by atoms with Crippen molar-refractivity contribution in [3.05, 3.63) is 34.9 Å². The van der Waals surface area contributed by atoms with Gasteiger partial charge in [0.2, 0.25) is 0 Å². The molecule has 0 aliphatic heterocycles. The standard InChI is InChI=1S/C16H24ClNO2S/c1-21-16-7-6-14(8-16)18-9-15(19)11-20-10-12-2-4-13(17)5-3-12/h2-5,14-16,18-19H,6-11H2,1H3. The molecule has 118 valence electrons. The highest BCUT2D eigenvalue weighted by Crippen LogP contribution is 2.27. The molecule has 1 aromatic carbocycles. The Morgan fingerprint density at radius 1 is 1.38 bits per heavy atom. The highest BCUT2D eigenvalue weighted by Gasteiger charge is 2.23. The molecule has 0 radical (unpaired) electrons. The Labute approximate surface area is 136 Å². The average molecular weight is 330 g/mol. The van der Waals surface area contributed by atoms with Gasteiger partial charge in [-0.3, -0.25) is 0 Å². The monoisotopic (exact) mass is 329 g/mol. The molecule has 1 fully saturated rings. The Balaban J connectivity index is 1.57. The van der Waals surface area contributed by atoms with E-state index >= 15 is 0 Å². The van der Waals surface area contributed by atoms with Crippen LogP contribution in [-0.2, 0) is 11.3 Å². The second-order valence-electron chi connectivity index (χ2n) is 5.57. The Bertz CT molecular complexity index is 415. The van der Waals surface area contributed by atoms with Gasteiger partial charge in [0, 0.05) is 22.9 Å². The van der Waals surface area contributed by atoms with Gasteiger partial charge >= 0.3 is 0 Å². The average Bonchev–Trinajstić information content (AvgIpc) is 2.95. The third kappa shape index (κ3) is 6.17. The van der Waals surface area contributed by atoms with Gasteiger partial charge in [0.25, 0.3) is 0 Å². The summed E-state index contributed by atoms with van der Waals surface area (Å²) < 4.78 is 5.54. The van der Waals surface area contributed by atoms with Crippen LogP contribution >= 0.6 is 23.4 Å². The minimum atomic E-state index is -0.453. The van der Waals surface area contributed by atoms with Crippen LogP contribution in [0.1, 0.15) is 24.8 Å². The molecular formula is C16H24ClNO2S. The maximum atomic E-state index is 9.94. The normalized spacial score (nSPS) is 23.4. The maximum Gasteiger partial charge on any atom is 0.0897 e. The molecule has 0 spiro atoms. The molecule has 0 saturated heterocycles. The minimum absolute atomic E-state index is 0.355. The lowest BCUT2D eigenvalue weighted by Gasteiger charge is -2.16. The summed E-state index contributed by atoms with van der Waals surface area (Å²) in [6.07, 6.45) is 5.42. The van der Waals surface area contributed by atoms with E-state index in [-0.39, 0.29) is 0 Å². The molecule has 1 aliphatic carbocycles. The van der Waals surface area contributed by atoms with Gasteiger partial charge in [0.05, 0.1) is 19.3 Å². The van der Waals surface area contributed by atoms with Crippen molar-refractivity contribution in [3.63, 3.8) is 0 Å². The Kier molecular flexibility index (Phi) is 7.34. The summed E-state index contributed by atoms with van der Waals surface area (Å²) >= 11 is 7.78. The van der Waals surface area contributed by atoms with Crippen molar-refractivity contribution in [2.75, 3.05) is 19.4 Å². The maximum absolute atomic E-state index is 9.94. The summed E-state index contributed by atoms with van der Waals surface area (Å²) in [5.74, 6) is 0. The van der Waals surface area contributed by atoms with Gasteiger partial charge < -0.3 is 15.2 Å². The van der Waals surface area contributed by atoms with Gasteiger partial charge in [0.15, 0.2) is 0 Å². The second-order valence-corrected chi connectivity index (χ2v) is 7.15. The van der Waals surface area contributed by atoms with Crippen LogP contribution in [0.5, 0.6) is 0 Å². The lowest BCUT2D eigenvalue weighted by Crippen LogP contribution is -2.36. The molecule has 0 aromatic heterocycles. The van der Waals surface area contributed by atoms with Crippen molar-refractivity contribution in [3.8, 4) is 0 Å². The van der Waals surface area contributed by atoms with E-state index in [0.29, 0.717) is 25.8 Å². The fourth-order valence-corrected chi connectivity index (χ4v) is 3.52. The van der Waals surface area contributed by atoms with E-state index < -0.39 is 6.10 Å². The van der Waals surface area contributed by atoms with E-state index in [9.17, 15) is 5.11 Å². The first-order valence-corrected chi connectivity index (χ1v) is 9.10.